The first-order valence-corrected chi connectivity index (χ1v) is 13.0. The second-order valence-electron chi connectivity index (χ2n) is 9.09. The Morgan fingerprint density at radius 3 is 2.00 bits per heavy atom. The minimum atomic E-state index is -5.31. The van der Waals surface area contributed by atoms with Gasteiger partial charge in [0, 0.05) is 33.6 Å². The van der Waals surface area contributed by atoms with E-state index in [4.69, 9.17) is 0 Å². The highest BCUT2D eigenvalue weighted by atomic mass is 79.9. The Morgan fingerprint density at radius 2 is 1.55 bits per heavy atom. The Balaban J connectivity index is 1.75. The second kappa shape index (κ2) is 9.76. The molecule has 0 aliphatic carbocycles. The average Bonchev–Trinajstić information content (AvgIpc) is 3.12. The number of alkyl halides is 9. The summed E-state index contributed by atoms with van der Waals surface area (Å²) in [6.45, 7) is -0.0412. The maximum absolute atomic E-state index is 14.6. The molecule has 4 rings (SSSR count). The number of thioether (sulfide) groups is 1. The fraction of sp³-hybridized carbons (Fsp3) is 0.417. The van der Waals surface area contributed by atoms with Gasteiger partial charge < -0.3 is 5.32 Å². The molecule has 206 valence electrons. The van der Waals surface area contributed by atoms with Crippen molar-refractivity contribution in [2.24, 2.45) is 10.9 Å². The number of halogens is 10. The molecule has 2 unspecified atom stereocenters. The number of carbonyl (C=O) groups is 1. The van der Waals surface area contributed by atoms with Crippen LogP contribution in [0.3, 0.4) is 0 Å². The number of hydrogen-bond acceptors (Lipinski definition) is 3. The number of rotatable bonds is 4. The van der Waals surface area contributed by atoms with E-state index in [1.807, 2.05) is 0 Å². The summed E-state index contributed by atoms with van der Waals surface area (Å²) < 4.78 is 125. The molecular formula is C24H18BrF9N2OS. The first-order chi connectivity index (χ1) is 17.4. The normalized spacial score (nSPS) is 22.7. The summed E-state index contributed by atoms with van der Waals surface area (Å²) in [7, 11) is 0. The first-order valence-electron chi connectivity index (χ1n) is 11.0. The summed E-state index contributed by atoms with van der Waals surface area (Å²) in [5, 5.41) is 2.81. The van der Waals surface area contributed by atoms with Crippen LogP contribution in [0.2, 0.25) is 0 Å². The van der Waals surface area contributed by atoms with Crippen LogP contribution in [0.15, 0.2) is 45.9 Å². The van der Waals surface area contributed by atoms with Crippen molar-refractivity contribution in [3.63, 3.8) is 0 Å². The number of nitrogens with one attached hydrogen (secondary N) is 1. The van der Waals surface area contributed by atoms with Crippen molar-refractivity contribution in [2.45, 2.75) is 36.9 Å². The number of benzene rings is 2. The molecule has 2 atom stereocenters. The lowest BCUT2D eigenvalue weighted by Crippen LogP contribution is -2.49. The zero-order chi connectivity index (χ0) is 28.3. The van der Waals surface area contributed by atoms with Gasteiger partial charge >= 0.3 is 18.5 Å². The van der Waals surface area contributed by atoms with Crippen molar-refractivity contribution in [1.82, 2.24) is 5.32 Å². The predicted octanol–water partition coefficient (Wildman–Crippen LogP) is 7.27. The van der Waals surface area contributed by atoms with Crippen molar-refractivity contribution in [3.05, 3.63) is 68.7 Å². The van der Waals surface area contributed by atoms with Crippen LogP contribution in [0.4, 0.5) is 39.5 Å². The van der Waals surface area contributed by atoms with Crippen LogP contribution in [-0.4, -0.2) is 41.9 Å². The van der Waals surface area contributed by atoms with E-state index in [9.17, 15) is 44.3 Å². The minimum absolute atomic E-state index is 0.000223. The molecule has 0 aromatic heterocycles. The highest BCUT2D eigenvalue weighted by Gasteiger charge is 2.63. The highest BCUT2D eigenvalue weighted by Crippen LogP contribution is 2.52. The van der Waals surface area contributed by atoms with E-state index in [0.717, 1.165) is 18.4 Å². The molecule has 3 nitrogen and oxygen atoms in total. The van der Waals surface area contributed by atoms with Crippen molar-refractivity contribution < 1.29 is 44.3 Å². The van der Waals surface area contributed by atoms with E-state index >= 15 is 0 Å². The third kappa shape index (κ3) is 5.17. The Bertz CT molecular complexity index is 1250. The Hall–Kier alpha value is -2.22. The van der Waals surface area contributed by atoms with Gasteiger partial charge in [0.1, 0.15) is 5.41 Å². The van der Waals surface area contributed by atoms with Crippen molar-refractivity contribution in [2.75, 3.05) is 18.1 Å². The smallest absolute Gasteiger partial charge is 0.348 e. The van der Waals surface area contributed by atoms with Crippen LogP contribution >= 0.6 is 27.7 Å². The van der Waals surface area contributed by atoms with Gasteiger partial charge in [-0.3, -0.25) is 9.79 Å². The van der Waals surface area contributed by atoms with Gasteiger partial charge in [0.15, 0.2) is 0 Å². The summed E-state index contributed by atoms with van der Waals surface area (Å²) in [6, 6.07) is 4.09. The maximum atomic E-state index is 14.6. The number of hydrogen-bond donors (Lipinski definition) is 1. The molecule has 2 heterocycles. The SMILES string of the molecule is CC1C(c2ccc(C(=O)NC3CSC3)c(Br)c2)=NCC1(c1cc(C(F)(F)F)cc(C(F)(F)F)c1)C(F)(F)F. The predicted molar refractivity (Wildman–Crippen MR) is 127 cm³/mol. The van der Waals surface area contributed by atoms with Crippen LogP contribution in [0.1, 0.15) is 39.5 Å². The third-order valence-corrected chi connectivity index (χ3v) is 8.67. The summed E-state index contributed by atoms with van der Waals surface area (Å²) in [5.41, 5.74) is -7.79. The number of carbonyl (C=O) groups excluding carboxylic acids is 1. The van der Waals surface area contributed by atoms with E-state index in [-0.39, 0.29) is 45.6 Å². The molecule has 1 amide bonds. The van der Waals surface area contributed by atoms with Crippen LogP contribution in [0.5, 0.6) is 0 Å². The molecule has 0 spiro atoms. The maximum Gasteiger partial charge on any atom is 0.416 e. The van der Waals surface area contributed by atoms with Gasteiger partial charge in [-0.05, 0) is 57.4 Å². The fourth-order valence-electron chi connectivity index (χ4n) is 4.55. The third-order valence-electron chi connectivity index (χ3n) is 6.74. The molecule has 0 radical (unpaired) electrons. The summed E-state index contributed by atoms with van der Waals surface area (Å²) in [6.07, 6.45) is -15.9. The molecule has 2 aliphatic heterocycles. The van der Waals surface area contributed by atoms with E-state index in [1.54, 1.807) is 11.8 Å². The highest BCUT2D eigenvalue weighted by molar-refractivity contribution is 9.10. The zero-order valence-corrected chi connectivity index (χ0v) is 21.7. The Kier molecular flexibility index (Phi) is 7.39. The van der Waals surface area contributed by atoms with Crippen LogP contribution in [0.25, 0.3) is 0 Å². The van der Waals surface area contributed by atoms with E-state index < -0.39 is 59.0 Å². The molecule has 14 heteroatoms. The molecule has 2 aromatic rings. The lowest BCUT2D eigenvalue weighted by Gasteiger charge is -2.37. The number of amides is 1. The average molecular weight is 633 g/mol. The Labute approximate surface area is 223 Å². The molecular weight excluding hydrogens is 615 g/mol. The lowest BCUT2D eigenvalue weighted by molar-refractivity contribution is -0.193. The summed E-state index contributed by atoms with van der Waals surface area (Å²) >= 11 is 4.88. The molecule has 0 saturated carbocycles. The summed E-state index contributed by atoms with van der Waals surface area (Å²) in [5.74, 6) is -0.545. The molecule has 2 aromatic carbocycles. The van der Waals surface area contributed by atoms with Crippen molar-refractivity contribution >= 4 is 39.3 Å². The second-order valence-corrected chi connectivity index (χ2v) is 11.0. The van der Waals surface area contributed by atoms with Gasteiger partial charge in [-0.25, -0.2) is 0 Å². The molecule has 2 aliphatic rings. The molecule has 1 saturated heterocycles. The molecule has 1 fully saturated rings. The number of aliphatic imine (C=N–C) groups is 1. The lowest BCUT2D eigenvalue weighted by atomic mass is 9.69. The number of nitrogens with zero attached hydrogens (tertiary/aromatic N) is 1. The van der Waals surface area contributed by atoms with Crippen molar-refractivity contribution in [3.8, 4) is 0 Å². The molecule has 0 bridgehead atoms. The van der Waals surface area contributed by atoms with E-state index in [2.05, 4.69) is 26.2 Å². The van der Waals surface area contributed by atoms with Gasteiger partial charge in [0.25, 0.3) is 5.91 Å². The van der Waals surface area contributed by atoms with Gasteiger partial charge in [-0.15, -0.1) is 0 Å². The van der Waals surface area contributed by atoms with Gasteiger partial charge in [-0.1, -0.05) is 13.0 Å². The van der Waals surface area contributed by atoms with Crippen molar-refractivity contribution in [1.29, 1.82) is 0 Å². The standard InChI is InChI=1S/C24H18BrF9N2OS/c1-11-19(12-2-3-17(18(25)4-12)20(37)36-16-8-38-9-16)35-10-21(11,24(32,33)34)13-5-14(22(26,27)28)7-15(6-13)23(29,30)31/h2-7,11,16H,8-10H2,1H3,(H,36,37). The minimum Gasteiger partial charge on any atom is -0.348 e. The monoisotopic (exact) mass is 632 g/mol. The van der Waals surface area contributed by atoms with Crippen LogP contribution in [0, 0.1) is 5.92 Å². The van der Waals surface area contributed by atoms with Crippen LogP contribution in [-0.2, 0) is 17.8 Å². The van der Waals surface area contributed by atoms with Gasteiger partial charge in [-0.2, -0.15) is 51.3 Å². The fourth-order valence-corrected chi connectivity index (χ4v) is 5.75. The van der Waals surface area contributed by atoms with E-state index in [0.29, 0.717) is 0 Å². The first kappa shape index (κ1) is 28.8. The quantitative estimate of drug-likeness (QED) is 0.360. The van der Waals surface area contributed by atoms with Crippen LogP contribution < -0.4 is 5.32 Å². The van der Waals surface area contributed by atoms with Gasteiger partial charge in [0.2, 0.25) is 0 Å². The van der Waals surface area contributed by atoms with E-state index in [1.165, 1.54) is 18.2 Å². The topological polar surface area (TPSA) is 41.5 Å². The van der Waals surface area contributed by atoms with Gasteiger partial charge in [0.05, 0.1) is 23.2 Å². The summed E-state index contributed by atoms with van der Waals surface area (Å²) in [4.78, 5) is 16.5. The molecule has 38 heavy (non-hydrogen) atoms. The molecule has 1 N–H and O–H groups in total. The largest absolute Gasteiger partial charge is 0.416 e. The zero-order valence-electron chi connectivity index (χ0n) is 19.3. The Morgan fingerprint density at radius 1 is 0.974 bits per heavy atom.